The van der Waals surface area contributed by atoms with Gasteiger partial charge in [0.05, 0.1) is 13.1 Å². The molecular weight excluding hydrogens is 328 g/mol. The first-order valence-electron chi connectivity index (χ1n) is 8.08. The van der Waals surface area contributed by atoms with Gasteiger partial charge in [0.2, 0.25) is 5.89 Å². The Morgan fingerprint density at radius 2 is 2.00 bits per heavy atom. The number of aromatic nitrogens is 2. The third-order valence-corrected chi connectivity index (χ3v) is 3.28. The minimum Gasteiger partial charge on any atom is -0.357 e. The van der Waals surface area contributed by atoms with Crippen LogP contribution in [0.3, 0.4) is 0 Å². The number of halogens is 2. The van der Waals surface area contributed by atoms with Gasteiger partial charge in [-0.1, -0.05) is 25.9 Å². The molecule has 1 aromatic carbocycles. The van der Waals surface area contributed by atoms with Gasteiger partial charge in [0, 0.05) is 17.5 Å². The zero-order valence-corrected chi connectivity index (χ0v) is 14.9. The van der Waals surface area contributed by atoms with Crippen LogP contribution in [-0.4, -0.2) is 22.6 Å². The van der Waals surface area contributed by atoms with Crippen LogP contribution in [0.5, 0.6) is 0 Å². The molecule has 2 N–H and O–H groups in total. The van der Waals surface area contributed by atoms with E-state index in [4.69, 9.17) is 4.52 Å². The predicted octanol–water partition coefficient (Wildman–Crippen LogP) is 2.90. The summed E-state index contributed by atoms with van der Waals surface area (Å²) in [6.07, 6.45) is 0. The van der Waals surface area contributed by atoms with E-state index < -0.39 is 11.6 Å². The van der Waals surface area contributed by atoms with Crippen LogP contribution in [0.4, 0.5) is 8.78 Å². The monoisotopic (exact) mass is 351 g/mol. The lowest BCUT2D eigenvalue weighted by atomic mass is 9.97. The van der Waals surface area contributed by atoms with E-state index in [0.29, 0.717) is 30.8 Å². The lowest BCUT2D eigenvalue weighted by Crippen LogP contribution is -2.37. The first kappa shape index (κ1) is 18.8. The van der Waals surface area contributed by atoms with Crippen molar-refractivity contribution in [3.63, 3.8) is 0 Å². The zero-order valence-electron chi connectivity index (χ0n) is 14.9. The molecule has 0 atom stereocenters. The molecule has 2 aromatic rings. The number of aliphatic imine (C=N–C) groups is 1. The van der Waals surface area contributed by atoms with Crippen molar-refractivity contribution in [2.45, 2.75) is 46.2 Å². The topological polar surface area (TPSA) is 75.3 Å². The molecule has 0 unspecified atom stereocenters. The van der Waals surface area contributed by atoms with Crippen molar-refractivity contribution in [1.29, 1.82) is 0 Å². The average molecular weight is 351 g/mol. The highest BCUT2D eigenvalue weighted by Gasteiger charge is 2.21. The van der Waals surface area contributed by atoms with Crippen molar-refractivity contribution in [3.05, 3.63) is 47.1 Å². The molecule has 0 radical (unpaired) electrons. The van der Waals surface area contributed by atoms with Gasteiger partial charge >= 0.3 is 0 Å². The molecule has 0 aliphatic rings. The Hall–Kier alpha value is -2.51. The standard InChI is InChI=1S/C17H23F2N5O/c1-5-20-16(21-9-11-8-12(18)6-7-13(11)19)22-10-14-23-15(25-24-14)17(2,3)4/h6-8H,5,9-10H2,1-4H3,(H2,20,21,22). The molecule has 0 saturated carbocycles. The van der Waals surface area contributed by atoms with Gasteiger partial charge in [0.1, 0.15) is 11.6 Å². The van der Waals surface area contributed by atoms with Crippen molar-refractivity contribution in [2.24, 2.45) is 4.99 Å². The van der Waals surface area contributed by atoms with Crippen LogP contribution < -0.4 is 10.6 Å². The quantitative estimate of drug-likeness (QED) is 0.640. The van der Waals surface area contributed by atoms with E-state index in [0.717, 1.165) is 18.2 Å². The minimum absolute atomic E-state index is 0.0123. The Labute approximate surface area is 145 Å². The van der Waals surface area contributed by atoms with Crippen LogP contribution in [0.2, 0.25) is 0 Å². The molecule has 1 heterocycles. The number of rotatable bonds is 5. The third-order valence-electron chi connectivity index (χ3n) is 3.28. The number of nitrogens with zero attached hydrogens (tertiary/aromatic N) is 3. The van der Waals surface area contributed by atoms with E-state index in [2.05, 4.69) is 25.8 Å². The summed E-state index contributed by atoms with van der Waals surface area (Å²) in [5.41, 5.74) is -0.0366. The zero-order chi connectivity index (χ0) is 18.4. The van der Waals surface area contributed by atoms with Crippen molar-refractivity contribution in [2.75, 3.05) is 6.54 Å². The summed E-state index contributed by atoms with van der Waals surface area (Å²) in [6, 6.07) is 3.31. The summed E-state index contributed by atoms with van der Waals surface area (Å²) in [6.45, 7) is 8.79. The van der Waals surface area contributed by atoms with Gasteiger partial charge in [0.25, 0.3) is 0 Å². The molecule has 2 rings (SSSR count). The van der Waals surface area contributed by atoms with Crippen LogP contribution >= 0.6 is 0 Å². The largest absolute Gasteiger partial charge is 0.357 e. The summed E-state index contributed by atoms with van der Waals surface area (Å²) in [5, 5.41) is 9.99. The van der Waals surface area contributed by atoms with Gasteiger partial charge in [-0.25, -0.2) is 13.8 Å². The van der Waals surface area contributed by atoms with E-state index >= 15 is 0 Å². The molecule has 0 aliphatic carbocycles. The number of benzene rings is 1. The third kappa shape index (κ3) is 5.51. The SMILES string of the molecule is CCNC(=NCc1cc(F)ccc1F)NCc1noc(C(C)(C)C)n1. The first-order chi connectivity index (χ1) is 11.8. The maximum absolute atomic E-state index is 13.7. The molecule has 136 valence electrons. The normalized spacial score (nSPS) is 12.3. The maximum Gasteiger partial charge on any atom is 0.232 e. The van der Waals surface area contributed by atoms with E-state index in [1.807, 2.05) is 27.7 Å². The smallest absolute Gasteiger partial charge is 0.232 e. The summed E-state index contributed by atoms with van der Waals surface area (Å²) >= 11 is 0. The van der Waals surface area contributed by atoms with E-state index in [1.54, 1.807) is 0 Å². The second-order valence-electron chi connectivity index (χ2n) is 6.55. The van der Waals surface area contributed by atoms with Crippen LogP contribution in [0.15, 0.2) is 27.7 Å². The number of nitrogens with one attached hydrogen (secondary N) is 2. The Bertz CT molecular complexity index is 737. The van der Waals surface area contributed by atoms with Gasteiger partial charge in [-0.2, -0.15) is 4.98 Å². The lowest BCUT2D eigenvalue weighted by molar-refractivity contribution is 0.318. The Balaban J connectivity index is 2.02. The van der Waals surface area contributed by atoms with E-state index in [9.17, 15) is 8.78 Å². The number of hydrogen-bond acceptors (Lipinski definition) is 4. The lowest BCUT2D eigenvalue weighted by Gasteiger charge is -2.11. The predicted molar refractivity (Wildman–Crippen MR) is 91.0 cm³/mol. The minimum atomic E-state index is -0.494. The molecule has 1 aromatic heterocycles. The summed E-state index contributed by atoms with van der Waals surface area (Å²) in [4.78, 5) is 8.58. The molecule has 8 heteroatoms. The van der Waals surface area contributed by atoms with Crippen molar-refractivity contribution < 1.29 is 13.3 Å². The second kappa shape index (κ2) is 8.04. The van der Waals surface area contributed by atoms with Gasteiger partial charge in [-0.05, 0) is 25.1 Å². The van der Waals surface area contributed by atoms with Gasteiger partial charge in [0.15, 0.2) is 11.8 Å². The highest BCUT2D eigenvalue weighted by molar-refractivity contribution is 5.79. The molecule has 6 nitrogen and oxygen atoms in total. The fourth-order valence-corrected chi connectivity index (χ4v) is 1.96. The van der Waals surface area contributed by atoms with E-state index in [-0.39, 0.29) is 17.5 Å². The molecule has 0 bridgehead atoms. The maximum atomic E-state index is 13.7. The molecular formula is C17H23F2N5O. The van der Waals surface area contributed by atoms with Crippen molar-refractivity contribution >= 4 is 5.96 Å². The van der Waals surface area contributed by atoms with Crippen LogP contribution in [-0.2, 0) is 18.5 Å². The molecule has 0 spiro atoms. The van der Waals surface area contributed by atoms with Crippen LogP contribution in [0.25, 0.3) is 0 Å². The summed E-state index contributed by atoms with van der Waals surface area (Å²) in [7, 11) is 0. The molecule has 25 heavy (non-hydrogen) atoms. The summed E-state index contributed by atoms with van der Waals surface area (Å²) in [5.74, 6) is 0.508. The fourth-order valence-electron chi connectivity index (χ4n) is 1.96. The highest BCUT2D eigenvalue weighted by Crippen LogP contribution is 2.19. The second-order valence-corrected chi connectivity index (χ2v) is 6.55. The van der Waals surface area contributed by atoms with Crippen LogP contribution in [0.1, 0.15) is 45.0 Å². The molecule has 0 fully saturated rings. The van der Waals surface area contributed by atoms with Gasteiger partial charge in [-0.3, -0.25) is 0 Å². The molecule has 0 amide bonds. The number of hydrogen-bond donors (Lipinski definition) is 2. The fraction of sp³-hybridized carbons (Fsp3) is 0.471. The van der Waals surface area contributed by atoms with Gasteiger partial charge < -0.3 is 15.2 Å². The van der Waals surface area contributed by atoms with E-state index in [1.165, 1.54) is 0 Å². The Kier molecular flexibility index (Phi) is 6.06. The highest BCUT2D eigenvalue weighted by atomic mass is 19.1. The van der Waals surface area contributed by atoms with Gasteiger partial charge in [-0.15, -0.1) is 0 Å². The average Bonchev–Trinajstić information content (AvgIpc) is 3.02. The van der Waals surface area contributed by atoms with Crippen molar-refractivity contribution in [3.8, 4) is 0 Å². The summed E-state index contributed by atoms with van der Waals surface area (Å²) < 4.78 is 32.1. The number of guanidine groups is 1. The Morgan fingerprint density at radius 3 is 2.64 bits per heavy atom. The first-order valence-corrected chi connectivity index (χ1v) is 8.08. The van der Waals surface area contributed by atoms with Crippen molar-refractivity contribution in [1.82, 2.24) is 20.8 Å². The van der Waals surface area contributed by atoms with Crippen LogP contribution in [0, 0.1) is 11.6 Å². The molecule has 0 aliphatic heterocycles. The molecule has 0 saturated heterocycles. The Morgan fingerprint density at radius 1 is 1.24 bits per heavy atom.